The molecule has 0 saturated heterocycles. The van der Waals surface area contributed by atoms with E-state index in [1.165, 1.54) is 25.7 Å². The minimum Gasteiger partial charge on any atom is -0.317 e. The second-order valence-corrected chi connectivity index (χ2v) is 4.87. The first-order chi connectivity index (χ1) is 8.83. The van der Waals surface area contributed by atoms with Gasteiger partial charge in [-0.3, -0.25) is 4.98 Å². The molecular formula is C15H27N3. The van der Waals surface area contributed by atoms with Crippen LogP contribution in [0.5, 0.6) is 0 Å². The van der Waals surface area contributed by atoms with Crippen LogP contribution in [0.4, 0.5) is 0 Å². The summed E-state index contributed by atoms with van der Waals surface area (Å²) < 4.78 is 0. The normalized spacial score (nSPS) is 11.1. The Balaban J connectivity index is 1.99. The van der Waals surface area contributed by atoms with Gasteiger partial charge in [-0.2, -0.15) is 0 Å². The smallest absolute Gasteiger partial charge is 0.0543 e. The molecule has 0 bridgehead atoms. The van der Waals surface area contributed by atoms with Crippen molar-refractivity contribution >= 4 is 0 Å². The summed E-state index contributed by atoms with van der Waals surface area (Å²) in [5, 5.41) is 3.44. The van der Waals surface area contributed by atoms with Gasteiger partial charge < -0.3 is 10.2 Å². The molecular weight excluding hydrogens is 222 g/mol. The number of hydrogen-bond acceptors (Lipinski definition) is 3. The van der Waals surface area contributed by atoms with Crippen molar-refractivity contribution in [1.82, 2.24) is 15.2 Å². The molecule has 0 radical (unpaired) electrons. The van der Waals surface area contributed by atoms with Crippen LogP contribution in [0.25, 0.3) is 0 Å². The molecule has 3 heteroatoms. The first kappa shape index (κ1) is 15.1. The van der Waals surface area contributed by atoms with Gasteiger partial charge in [0.1, 0.15) is 0 Å². The van der Waals surface area contributed by atoms with Crippen molar-refractivity contribution in [3.05, 3.63) is 30.1 Å². The standard InChI is InChI=1S/C15H27N3/c1-3-10-16-11-6-4-8-13-18(2)14-15-9-5-7-12-17-15/h5,7,9,12,16H,3-4,6,8,10-11,13-14H2,1-2H3. The van der Waals surface area contributed by atoms with Crippen molar-refractivity contribution in [1.29, 1.82) is 0 Å². The van der Waals surface area contributed by atoms with E-state index in [1.807, 2.05) is 12.3 Å². The molecule has 0 unspecified atom stereocenters. The lowest BCUT2D eigenvalue weighted by molar-refractivity contribution is 0.313. The largest absolute Gasteiger partial charge is 0.317 e. The highest BCUT2D eigenvalue weighted by molar-refractivity contribution is 5.02. The van der Waals surface area contributed by atoms with Gasteiger partial charge >= 0.3 is 0 Å². The van der Waals surface area contributed by atoms with Crippen LogP contribution in [0, 0.1) is 0 Å². The van der Waals surface area contributed by atoms with E-state index >= 15 is 0 Å². The average molecular weight is 249 g/mol. The number of rotatable bonds is 10. The minimum atomic E-state index is 0.953. The molecule has 3 nitrogen and oxygen atoms in total. The van der Waals surface area contributed by atoms with Crippen molar-refractivity contribution in [2.75, 3.05) is 26.7 Å². The van der Waals surface area contributed by atoms with Crippen molar-refractivity contribution in [3.63, 3.8) is 0 Å². The predicted octanol–water partition coefficient (Wildman–Crippen LogP) is 2.68. The Bertz CT molecular complexity index is 287. The fourth-order valence-electron chi connectivity index (χ4n) is 1.96. The van der Waals surface area contributed by atoms with Gasteiger partial charge in [0.15, 0.2) is 0 Å². The molecule has 0 atom stereocenters. The molecule has 1 aromatic heterocycles. The van der Waals surface area contributed by atoms with Gasteiger partial charge in [0.05, 0.1) is 5.69 Å². The Morgan fingerprint density at radius 1 is 1.17 bits per heavy atom. The fourth-order valence-corrected chi connectivity index (χ4v) is 1.96. The van der Waals surface area contributed by atoms with Gasteiger partial charge in [0, 0.05) is 12.7 Å². The number of unbranched alkanes of at least 4 members (excludes halogenated alkanes) is 2. The van der Waals surface area contributed by atoms with Crippen LogP contribution in [-0.4, -0.2) is 36.6 Å². The van der Waals surface area contributed by atoms with Crippen molar-refractivity contribution in [3.8, 4) is 0 Å². The summed E-state index contributed by atoms with van der Waals surface area (Å²) in [4.78, 5) is 6.69. The highest BCUT2D eigenvalue weighted by atomic mass is 15.1. The molecule has 0 amide bonds. The Hall–Kier alpha value is -0.930. The maximum absolute atomic E-state index is 4.35. The SMILES string of the molecule is CCCNCCCCCN(C)Cc1ccccn1. The maximum Gasteiger partial charge on any atom is 0.0543 e. The summed E-state index contributed by atoms with van der Waals surface area (Å²) in [5.74, 6) is 0. The van der Waals surface area contributed by atoms with Crippen LogP contribution in [-0.2, 0) is 6.54 Å². The quantitative estimate of drug-likeness (QED) is 0.646. The summed E-state index contributed by atoms with van der Waals surface area (Å²) >= 11 is 0. The lowest BCUT2D eigenvalue weighted by Gasteiger charge is -2.15. The van der Waals surface area contributed by atoms with Gasteiger partial charge in [0.2, 0.25) is 0 Å². The zero-order valence-corrected chi connectivity index (χ0v) is 11.9. The lowest BCUT2D eigenvalue weighted by Crippen LogP contribution is -2.20. The Labute approximate surface area is 112 Å². The average Bonchev–Trinajstić information content (AvgIpc) is 2.39. The molecule has 18 heavy (non-hydrogen) atoms. The maximum atomic E-state index is 4.35. The second kappa shape index (κ2) is 10.0. The molecule has 0 spiro atoms. The minimum absolute atomic E-state index is 0.953. The number of aromatic nitrogens is 1. The molecule has 0 aliphatic rings. The summed E-state index contributed by atoms with van der Waals surface area (Å²) in [6, 6.07) is 6.10. The van der Waals surface area contributed by atoms with Crippen molar-refractivity contribution in [2.24, 2.45) is 0 Å². The summed E-state index contributed by atoms with van der Waals surface area (Å²) in [5.41, 5.74) is 1.16. The van der Waals surface area contributed by atoms with E-state index in [0.29, 0.717) is 0 Å². The van der Waals surface area contributed by atoms with Gasteiger partial charge in [-0.05, 0) is 58.1 Å². The predicted molar refractivity (Wildman–Crippen MR) is 77.6 cm³/mol. The topological polar surface area (TPSA) is 28.2 Å². The van der Waals surface area contributed by atoms with Crippen LogP contribution < -0.4 is 5.32 Å². The number of nitrogens with zero attached hydrogens (tertiary/aromatic N) is 2. The second-order valence-electron chi connectivity index (χ2n) is 4.87. The van der Waals surface area contributed by atoms with Crippen LogP contribution >= 0.6 is 0 Å². The summed E-state index contributed by atoms with van der Waals surface area (Å²) in [7, 11) is 2.17. The monoisotopic (exact) mass is 249 g/mol. The molecule has 0 aliphatic carbocycles. The molecule has 1 rings (SSSR count). The lowest BCUT2D eigenvalue weighted by atomic mass is 10.2. The van der Waals surface area contributed by atoms with Gasteiger partial charge in [0.25, 0.3) is 0 Å². The van der Waals surface area contributed by atoms with Crippen LogP contribution in [0.2, 0.25) is 0 Å². The zero-order valence-electron chi connectivity index (χ0n) is 11.9. The third kappa shape index (κ3) is 7.41. The van der Waals surface area contributed by atoms with Crippen LogP contribution in [0.1, 0.15) is 38.3 Å². The van der Waals surface area contributed by atoms with E-state index in [1.54, 1.807) is 0 Å². The van der Waals surface area contributed by atoms with E-state index in [4.69, 9.17) is 0 Å². The van der Waals surface area contributed by atoms with Gasteiger partial charge in [-0.1, -0.05) is 19.4 Å². The molecule has 1 N–H and O–H groups in total. The van der Waals surface area contributed by atoms with Gasteiger partial charge in [-0.25, -0.2) is 0 Å². The first-order valence-corrected chi connectivity index (χ1v) is 7.12. The molecule has 1 heterocycles. The Morgan fingerprint density at radius 2 is 2.06 bits per heavy atom. The van der Waals surface area contributed by atoms with E-state index in [9.17, 15) is 0 Å². The molecule has 0 aliphatic heterocycles. The molecule has 102 valence electrons. The Kier molecular flexibility index (Phi) is 8.43. The van der Waals surface area contributed by atoms with Crippen LogP contribution in [0.3, 0.4) is 0 Å². The highest BCUT2D eigenvalue weighted by Crippen LogP contribution is 2.02. The summed E-state index contributed by atoms with van der Waals surface area (Å²) in [6.45, 7) is 6.64. The van der Waals surface area contributed by atoms with Crippen LogP contribution in [0.15, 0.2) is 24.4 Å². The molecule has 0 saturated carbocycles. The van der Waals surface area contributed by atoms with E-state index in [0.717, 1.165) is 31.9 Å². The fraction of sp³-hybridized carbons (Fsp3) is 0.667. The number of nitrogens with one attached hydrogen (secondary N) is 1. The van der Waals surface area contributed by atoms with E-state index in [2.05, 4.69) is 41.3 Å². The number of pyridine rings is 1. The number of hydrogen-bond donors (Lipinski definition) is 1. The van der Waals surface area contributed by atoms with Crippen molar-refractivity contribution in [2.45, 2.75) is 39.2 Å². The molecule has 0 fully saturated rings. The van der Waals surface area contributed by atoms with E-state index < -0.39 is 0 Å². The first-order valence-electron chi connectivity index (χ1n) is 7.12. The third-order valence-electron chi connectivity index (χ3n) is 2.98. The zero-order chi connectivity index (χ0) is 13.1. The summed E-state index contributed by atoms with van der Waals surface area (Å²) in [6.07, 6.45) is 6.97. The molecule has 0 aromatic carbocycles. The molecule has 1 aromatic rings. The highest BCUT2D eigenvalue weighted by Gasteiger charge is 2.00. The van der Waals surface area contributed by atoms with E-state index in [-0.39, 0.29) is 0 Å². The Morgan fingerprint density at radius 3 is 2.78 bits per heavy atom. The van der Waals surface area contributed by atoms with Crippen molar-refractivity contribution < 1.29 is 0 Å². The third-order valence-corrected chi connectivity index (χ3v) is 2.98. The van der Waals surface area contributed by atoms with Gasteiger partial charge in [-0.15, -0.1) is 0 Å².